The Kier molecular flexibility index (Phi) is 4.84. The summed E-state index contributed by atoms with van der Waals surface area (Å²) in [6, 6.07) is 4.11. The minimum atomic E-state index is -3.97. The molecule has 1 fully saturated rings. The molecule has 0 spiro atoms. The summed E-state index contributed by atoms with van der Waals surface area (Å²) in [5.41, 5.74) is 0.161. The Hall–Kier alpha value is -1.60. The number of hydrogen-bond acceptors (Lipinski definition) is 5. The summed E-state index contributed by atoms with van der Waals surface area (Å²) in [6.07, 6.45) is 3.71. The lowest BCUT2D eigenvalue weighted by Gasteiger charge is -2.13. The molecule has 0 aliphatic heterocycles. The van der Waals surface area contributed by atoms with Crippen molar-refractivity contribution in [1.29, 1.82) is 0 Å². The van der Waals surface area contributed by atoms with E-state index < -0.39 is 16.0 Å². The molecule has 1 aromatic carbocycles. The van der Waals surface area contributed by atoms with Crippen LogP contribution in [0.2, 0.25) is 0 Å². The van der Waals surface area contributed by atoms with Gasteiger partial charge in [0, 0.05) is 0 Å². The van der Waals surface area contributed by atoms with Crippen molar-refractivity contribution in [2.75, 3.05) is 6.61 Å². The molecule has 0 bridgehead atoms. The molecule has 6 nitrogen and oxygen atoms in total. The van der Waals surface area contributed by atoms with E-state index in [0.717, 1.165) is 25.7 Å². The highest BCUT2D eigenvalue weighted by atomic mass is 32.2. The van der Waals surface area contributed by atoms with Gasteiger partial charge in [0.2, 0.25) is 10.0 Å². The van der Waals surface area contributed by atoms with Crippen molar-refractivity contribution < 1.29 is 22.7 Å². The number of rotatable bonds is 5. The summed E-state index contributed by atoms with van der Waals surface area (Å²) < 4.78 is 33.8. The van der Waals surface area contributed by atoms with Gasteiger partial charge in [-0.2, -0.15) is 0 Å². The van der Waals surface area contributed by atoms with Crippen LogP contribution in [0.3, 0.4) is 0 Å². The van der Waals surface area contributed by atoms with Gasteiger partial charge in [-0.3, -0.25) is 0 Å². The van der Waals surface area contributed by atoms with Crippen molar-refractivity contribution in [2.24, 2.45) is 5.14 Å². The zero-order valence-electron chi connectivity index (χ0n) is 11.9. The molecule has 2 N–H and O–H groups in total. The molecule has 0 atom stereocenters. The lowest BCUT2D eigenvalue weighted by atomic mass is 10.2. The van der Waals surface area contributed by atoms with Gasteiger partial charge in [0.1, 0.15) is 16.7 Å². The molecule has 0 radical (unpaired) electrons. The average Bonchev–Trinajstić information content (AvgIpc) is 2.91. The summed E-state index contributed by atoms with van der Waals surface area (Å²) in [6.45, 7) is 2.03. The summed E-state index contributed by atoms with van der Waals surface area (Å²) in [7, 11) is -3.97. The van der Waals surface area contributed by atoms with Crippen LogP contribution < -0.4 is 9.88 Å². The van der Waals surface area contributed by atoms with Gasteiger partial charge < -0.3 is 9.47 Å². The maximum Gasteiger partial charge on any atom is 0.338 e. The summed E-state index contributed by atoms with van der Waals surface area (Å²) in [5.74, 6) is -0.396. The van der Waals surface area contributed by atoms with Gasteiger partial charge in [-0.25, -0.2) is 18.4 Å². The van der Waals surface area contributed by atoms with Gasteiger partial charge in [-0.05, 0) is 50.8 Å². The van der Waals surface area contributed by atoms with Crippen molar-refractivity contribution >= 4 is 16.0 Å². The fourth-order valence-electron chi connectivity index (χ4n) is 2.36. The number of hydrogen-bond donors (Lipinski definition) is 1. The molecule has 1 aliphatic carbocycles. The highest BCUT2D eigenvalue weighted by Gasteiger charge is 2.23. The average molecular weight is 313 g/mol. The van der Waals surface area contributed by atoms with Crippen molar-refractivity contribution in [2.45, 2.75) is 43.6 Å². The standard InChI is InChI=1S/C14H19NO5S/c1-2-19-12-8-7-10(9-13(12)21(15,17)18)14(16)20-11-5-3-4-6-11/h7-9,11H,2-6H2,1H3,(H2,15,17,18). The number of sulfonamides is 1. The molecule has 21 heavy (non-hydrogen) atoms. The van der Waals surface area contributed by atoms with Crippen molar-refractivity contribution in [3.63, 3.8) is 0 Å². The van der Waals surface area contributed by atoms with Crippen LogP contribution in [0.5, 0.6) is 5.75 Å². The molecule has 1 aromatic rings. The normalized spacial score (nSPS) is 15.9. The zero-order chi connectivity index (χ0) is 15.5. The SMILES string of the molecule is CCOc1ccc(C(=O)OC2CCCC2)cc1S(N)(=O)=O. The topological polar surface area (TPSA) is 95.7 Å². The predicted octanol–water partition coefficient (Wildman–Crippen LogP) is 1.83. The maximum atomic E-state index is 12.1. The Labute approximate surface area is 124 Å². The van der Waals surface area contributed by atoms with E-state index in [1.54, 1.807) is 6.92 Å². The third-order valence-corrected chi connectivity index (χ3v) is 4.29. The number of carbonyl (C=O) groups excluding carboxylic acids is 1. The molecule has 0 amide bonds. The number of carbonyl (C=O) groups is 1. The van der Waals surface area contributed by atoms with Gasteiger partial charge in [-0.1, -0.05) is 0 Å². The molecule has 1 aliphatic rings. The Morgan fingerprint density at radius 2 is 2.00 bits per heavy atom. The molecule has 7 heteroatoms. The molecule has 1 saturated carbocycles. The first-order valence-electron chi connectivity index (χ1n) is 6.92. The van der Waals surface area contributed by atoms with Crippen LogP contribution in [-0.4, -0.2) is 27.1 Å². The smallest absolute Gasteiger partial charge is 0.338 e. The second-order valence-electron chi connectivity index (χ2n) is 4.95. The molecule has 2 rings (SSSR count). The van der Waals surface area contributed by atoms with E-state index in [0.29, 0.717) is 6.61 Å². The predicted molar refractivity (Wildman–Crippen MR) is 76.7 cm³/mol. The summed E-state index contributed by atoms with van der Waals surface area (Å²) >= 11 is 0. The van der Waals surface area contributed by atoms with Crippen molar-refractivity contribution in [3.8, 4) is 5.75 Å². The number of esters is 1. The van der Waals surface area contributed by atoms with Crippen LogP contribution in [0.25, 0.3) is 0 Å². The molecule has 0 aromatic heterocycles. The lowest BCUT2D eigenvalue weighted by Crippen LogP contribution is -2.17. The minimum absolute atomic E-state index is 0.0815. The number of nitrogens with two attached hydrogens (primary N) is 1. The molecule has 0 heterocycles. The lowest BCUT2D eigenvalue weighted by molar-refractivity contribution is 0.0317. The van der Waals surface area contributed by atoms with E-state index in [1.165, 1.54) is 18.2 Å². The maximum absolute atomic E-state index is 12.1. The van der Waals surface area contributed by atoms with E-state index in [9.17, 15) is 13.2 Å². The summed E-state index contributed by atoms with van der Waals surface area (Å²) in [4.78, 5) is 11.8. The fraction of sp³-hybridized carbons (Fsp3) is 0.500. The van der Waals surface area contributed by atoms with Crippen LogP contribution in [0, 0.1) is 0 Å². The van der Waals surface area contributed by atoms with Crippen LogP contribution in [0.15, 0.2) is 23.1 Å². The van der Waals surface area contributed by atoms with Crippen LogP contribution in [0.4, 0.5) is 0 Å². The van der Waals surface area contributed by atoms with Crippen LogP contribution in [-0.2, 0) is 14.8 Å². The highest BCUT2D eigenvalue weighted by Crippen LogP contribution is 2.26. The summed E-state index contributed by atoms with van der Waals surface area (Å²) in [5, 5.41) is 5.16. The Balaban J connectivity index is 2.26. The highest BCUT2D eigenvalue weighted by molar-refractivity contribution is 7.89. The Morgan fingerprint density at radius 1 is 1.33 bits per heavy atom. The van der Waals surface area contributed by atoms with Gasteiger partial charge in [-0.15, -0.1) is 0 Å². The third-order valence-electron chi connectivity index (χ3n) is 3.36. The quantitative estimate of drug-likeness (QED) is 0.837. The molecular weight excluding hydrogens is 294 g/mol. The molecule has 116 valence electrons. The van der Waals surface area contributed by atoms with E-state index in [1.807, 2.05) is 0 Å². The van der Waals surface area contributed by atoms with Crippen LogP contribution >= 0.6 is 0 Å². The van der Waals surface area contributed by atoms with Crippen molar-refractivity contribution in [1.82, 2.24) is 0 Å². The monoisotopic (exact) mass is 313 g/mol. The number of benzene rings is 1. The molecular formula is C14H19NO5S. The largest absolute Gasteiger partial charge is 0.492 e. The first-order valence-corrected chi connectivity index (χ1v) is 8.47. The van der Waals surface area contributed by atoms with E-state index >= 15 is 0 Å². The van der Waals surface area contributed by atoms with E-state index in [-0.39, 0.29) is 22.3 Å². The fourth-order valence-corrected chi connectivity index (χ4v) is 3.06. The number of primary sulfonamides is 1. The first-order chi connectivity index (χ1) is 9.91. The van der Waals surface area contributed by atoms with E-state index in [4.69, 9.17) is 14.6 Å². The number of ether oxygens (including phenoxy) is 2. The Morgan fingerprint density at radius 3 is 2.57 bits per heavy atom. The minimum Gasteiger partial charge on any atom is -0.492 e. The van der Waals surface area contributed by atoms with Gasteiger partial charge in [0.05, 0.1) is 12.2 Å². The Bertz CT molecular complexity index is 620. The zero-order valence-corrected chi connectivity index (χ0v) is 12.7. The van der Waals surface area contributed by atoms with Gasteiger partial charge >= 0.3 is 5.97 Å². The second-order valence-corrected chi connectivity index (χ2v) is 6.48. The first kappa shape index (κ1) is 15.8. The molecule has 0 unspecified atom stereocenters. The van der Waals surface area contributed by atoms with Gasteiger partial charge in [0.15, 0.2) is 0 Å². The molecule has 0 saturated heterocycles. The van der Waals surface area contributed by atoms with Crippen molar-refractivity contribution in [3.05, 3.63) is 23.8 Å². The van der Waals surface area contributed by atoms with Crippen LogP contribution in [0.1, 0.15) is 43.0 Å². The van der Waals surface area contributed by atoms with E-state index in [2.05, 4.69) is 0 Å². The van der Waals surface area contributed by atoms with Gasteiger partial charge in [0.25, 0.3) is 0 Å². The second kappa shape index (κ2) is 6.44. The third kappa shape index (κ3) is 3.95.